The Morgan fingerprint density at radius 3 is 2.90 bits per heavy atom. The Labute approximate surface area is 186 Å². The number of aromatic nitrogens is 4. The first kappa shape index (κ1) is 18.9. The van der Waals surface area contributed by atoms with Crippen LogP contribution in [-0.2, 0) is 0 Å². The highest BCUT2D eigenvalue weighted by Crippen LogP contribution is 2.35. The smallest absolute Gasteiger partial charge is 0.167 e. The summed E-state index contributed by atoms with van der Waals surface area (Å²) in [5, 5.41) is 21.7. The van der Waals surface area contributed by atoms with Crippen LogP contribution in [0.5, 0.6) is 0 Å². The number of fused-ring (bicyclic) bond motifs is 3. The first-order chi connectivity index (χ1) is 15.1. The van der Waals surface area contributed by atoms with Crippen molar-refractivity contribution in [1.82, 2.24) is 30.2 Å². The summed E-state index contributed by atoms with van der Waals surface area (Å²) in [6, 6.07) is 10.5. The molecule has 0 spiro atoms. The lowest BCUT2D eigenvalue weighted by Crippen LogP contribution is -2.51. The molecule has 2 saturated heterocycles. The van der Waals surface area contributed by atoms with Crippen molar-refractivity contribution in [2.24, 2.45) is 0 Å². The molecule has 1 unspecified atom stereocenters. The average Bonchev–Trinajstić information content (AvgIpc) is 3.38. The number of halogens is 1. The topological polar surface area (TPSA) is 117 Å². The van der Waals surface area contributed by atoms with Crippen molar-refractivity contribution in [3.05, 3.63) is 47.2 Å². The van der Waals surface area contributed by atoms with Crippen LogP contribution >= 0.6 is 15.9 Å². The fourth-order valence-corrected chi connectivity index (χ4v) is 5.09. The maximum atomic E-state index is 9.86. The molecule has 0 aliphatic carbocycles. The zero-order valence-electron chi connectivity index (χ0n) is 16.5. The molecule has 4 aromatic rings. The van der Waals surface area contributed by atoms with Crippen LogP contribution in [0.2, 0.25) is 0 Å². The molecular formula is C21H21BrN8O. The highest BCUT2D eigenvalue weighted by molar-refractivity contribution is 9.10. The van der Waals surface area contributed by atoms with Gasteiger partial charge >= 0.3 is 0 Å². The second kappa shape index (κ2) is 7.13. The summed E-state index contributed by atoms with van der Waals surface area (Å²) in [4.78, 5) is 11.8. The summed E-state index contributed by atoms with van der Waals surface area (Å²) in [6.07, 6.45) is 3.86. The van der Waals surface area contributed by atoms with E-state index in [9.17, 15) is 5.11 Å². The monoisotopic (exact) mass is 480 g/mol. The van der Waals surface area contributed by atoms with Crippen molar-refractivity contribution in [2.45, 2.75) is 24.9 Å². The van der Waals surface area contributed by atoms with Crippen molar-refractivity contribution in [1.29, 1.82) is 0 Å². The lowest BCUT2D eigenvalue weighted by Gasteiger charge is -2.35. The van der Waals surface area contributed by atoms with E-state index in [2.05, 4.69) is 47.6 Å². The molecular weight excluding hydrogens is 460 g/mol. The molecule has 1 aromatic carbocycles. The van der Waals surface area contributed by atoms with Gasteiger partial charge < -0.3 is 15.7 Å². The van der Waals surface area contributed by atoms with Gasteiger partial charge in [0.15, 0.2) is 12.0 Å². The van der Waals surface area contributed by atoms with Crippen LogP contribution in [0.1, 0.15) is 6.42 Å². The molecule has 10 heteroatoms. The molecule has 0 bridgehead atoms. The van der Waals surface area contributed by atoms with E-state index in [1.165, 1.54) is 0 Å². The number of piperidine rings is 1. The molecule has 0 radical (unpaired) electrons. The fraction of sp³-hybridized carbons (Fsp3) is 0.286. The van der Waals surface area contributed by atoms with Gasteiger partial charge in [0.05, 0.1) is 11.7 Å². The number of nitrogens with one attached hydrogen (secondary N) is 2. The minimum Gasteiger partial charge on any atom is -0.383 e. The van der Waals surface area contributed by atoms with Crippen LogP contribution in [0.15, 0.2) is 47.2 Å². The second-order valence-electron chi connectivity index (χ2n) is 8.03. The number of pyridine rings is 1. The van der Waals surface area contributed by atoms with Crippen LogP contribution in [0.4, 0.5) is 11.6 Å². The van der Waals surface area contributed by atoms with Gasteiger partial charge in [0.1, 0.15) is 16.1 Å². The summed E-state index contributed by atoms with van der Waals surface area (Å²) < 4.78 is 2.38. The van der Waals surface area contributed by atoms with Crippen molar-refractivity contribution in [3.8, 4) is 11.1 Å². The Bertz CT molecular complexity index is 1310. The Balaban J connectivity index is 1.44. The summed E-state index contributed by atoms with van der Waals surface area (Å²) in [7, 11) is 0. The number of nitrogens with zero attached hydrogens (tertiary/aromatic N) is 5. The number of anilines is 2. The van der Waals surface area contributed by atoms with E-state index in [0.29, 0.717) is 11.5 Å². The zero-order chi connectivity index (χ0) is 21.1. The second-order valence-corrected chi connectivity index (χ2v) is 8.82. The van der Waals surface area contributed by atoms with Crippen molar-refractivity contribution >= 4 is 44.1 Å². The predicted octanol–water partition coefficient (Wildman–Crippen LogP) is 1.71. The van der Waals surface area contributed by atoms with Gasteiger partial charge in [0.25, 0.3) is 0 Å². The molecule has 3 aromatic heterocycles. The number of hydrogen-bond acceptors (Lipinski definition) is 8. The van der Waals surface area contributed by atoms with E-state index >= 15 is 0 Å². The van der Waals surface area contributed by atoms with Crippen LogP contribution in [0.3, 0.4) is 0 Å². The third kappa shape index (κ3) is 3.06. The maximum Gasteiger partial charge on any atom is 0.167 e. The number of hydrogen-bond donors (Lipinski definition) is 4. The van der Waals surface area contributed by atoms with E-state index in [0.717, 1.165) is 51.8 Å². The summed E-state index contributed by atoms with van der Waals surface area (Å²) in [6.45, 7) is 1.53. The molecule has 6 rings (SSSR count). The first-order valence-corrected chi connectivity index (χ1v) is 11.0. The van der Waals surface area contributed by atoms with Gasteiger partial charge in [-0.15, -0.1) is 0 Å². The average molecular weight is 481 g/mol. The number of para-hydroxylation sites is 1. The van der Waals surface area contributed by atoms with E-state index in [1.807, 2.05) is 30.5 Å². The number of nitrogen functional groups attached to an aromatic ring is 1. The van der Waals surface area contributed by atoms with Gasteiger partial charge in [-0.25, -0.2) is 4.98 Å². The molecule has 5 heterocycles. The summed E-state index contributed by atoms with van der Waals surface area (Å²) in [5.41, 5.74) is 9.89. The zero-order valence-corrected chi connectivity index (χ0v) is 18.1. The SMILES string of the molecule is Nc1c(Br)c(N2CC[C@@H]3NC(O)N[C@@H]3C2)nc2c(-c3cnc4ccccc4c3)cnn12. The van der Waals surface area contributed by atoms with Crippen molar-refractivity contribution in [3.63, 3.8) is 0 Å². The van der Waals surface area contributed by atoms with Crippen LogP contribution in [0, 0.1) is 0 Å². The number of aliphatic hydroxyl groups excluding tert-OH is 1. The molecule has 3 atom stereocenters. The van der Waals surface area contributed by atoms with Gasteiger partial charge in [-0.2, -0.15) is 9.61 Å². The molecule has 2 aliphatic heterocycles. The minimum atomic E-state index is -0.666. The highest BCUT2D eigenvalue weighted by Gasteiger charge is 2.37. The van der Waals surface area contributed by atoms with Crippen molar-refractivity contribution in [2.75, 3.05) is 23.7 Å². The predicted molar refractivity (Wildman–Crippen MR) is 123 cm³/mol. The summed E-state index contributed by atoms with van der Waals surface area (Å²) >= 11 is 3.63. The molecule has 5 N–H and O–H groups in total. The summed E-state index contributed by atoms with van der Waals surface area (Å²) in [5.74, 6) is 1.28. The molecule has 0 amide bonds. The van der Waals surface area contributed by atoms with E-state index in [-0.39, 0.29) is 12.1 Å². The van der Waals surface area contributed by atoms with E-state index in [4.69, 9.17) is 10.7 Å². The molecule has 2 fully saturated rings. The first-order valence-electron chi connectivity index (χ1n) is 10.2. The van der Waals surface area contributed by atoms with Gasteiger partial charge in [0, 0.05) is 47.9 Å². The lowest BCUT2D eigenvalue weighted by molar-refractivity contribution is 0.131. The number of nitrogens with two attached hydrogens (primary N) is 1. The lowest BCUT2D eigenvalue weighted by atomic mass is 10.0. The van der Waals surface area contributed by atoms with Gasteiger partial charge in [0.2, 0.25) is 0 Å². The number of benzene rings is 1. The number of aliphatic hydroxyl groups is 1. The quantitative estimate of drug-likeness (QED) is 0.342. The Hall–Kier alpha value is -2.79. The molecule has 9 nitrogen and oxygen atoms in total. The minimum absolute atomic E-state index is 0.143. The van der Waals surface area contributed by atoms with Gasteiger partial charge in [-0.1, -0.05) is 18.2 Å². The van der Waals surface area contributed by atoms with Crippen molar-refractivity contribution < 1.29 is 5.11 Å². The Kier molecular flexibility index (Phi) is 4.35. The van der Waals surface area contributed by atoms with E-state index in [1.54, 1.807) is 10.7 Å². The molecule has 158 valence electrons. The van der Waals surface area contributed by atoms with Gasteiger partial charge in [-0.05, 0) is 34.5 Å². The normalized spacial score (nSPS) is 23.5. The van der Waals surface area contributed by atoms with Crippen LogP contribution in [-0.4, -0.2) is 56.2 Å². The Morgan fingerprint density at radius 2 is 2.00 bits per heavy atom. The van der Waals surface area contributed by atoms with E-state index < -0.39 is 6.35 Å². The maximum absolute atomic E-state index is 9.86. The fourth-order valence-electron chi connectivity index (χ4n) is 4.58. The third-order valence-corrected chi connectivity index (χ3v) is 6.92. The molecule has 31 heavy (non-hydrogen) atoms. The largest absolute Gasteiger partial charge is 0.383 e. The van der Waals surface area contributed by atoms with Crippen LogP contribution < -0.4 is 21.3 Å². The Morgan fingerprint density at radius 1 is 1.16 bits per heavy atom. The van der Waals surface area contributed by atoms with Crippen LogP contribution in [0.25, 0.3) is 27.7 Å². The molecule has 0 saturated carbocycles. The molecule has 2 aliphatic rings. The van der Waals surface area contributed by atoms with Gasteiger partial charge in [-0.3, -0.25) is 15.6 Å². The number of rotatable bonds is 2. The standard InChI is InChI=1S/C21H21BrN8O/c22-17-18(23)30-19(28-20(17)29-6-5-15-16(10-29)27-21(31)26-15)13(9-25-30)12-7-11-3-1-2-4-14(11)24-8-12/h1-4,7-9,15-16,21,26-27,31H,5-6,10,23H2/t15-,16+,21?/m0/s1. The third-order valence-electron chi connectivity index (χ3n) is 6.16. The highest BCUT2D eigenvalue weighted by atomic mass is 79.9.